The Bertz CT molecular complexity index is 763. The second-order valence-electron chi connectivity index (χ2n) is 7.60. The minimum atomic E-state index is -0.773. The monoisotopic (exact) mass is 392 g/mol. The number of nitrogens with one attached hydrogen (secondary N) is 2. The molecule has 3 rings (SSSR count). The zero-order valence-electron chi connectivity index (χ0n) is 16.5. The second-order valence-corrected chi connectivity index (χ2v) is 7.60. The molecule has 0 spiro atoms. The number of urea groups is 1. The maximum atomic E-state index is 12.4. The van der Waals surface area contributed by atoms with Crippen molar-refractivity contribution in [3.8, 4) is 0 Å². The molecule has 1 saturated heterocycles. The van der Waals surface area contributed by atoms with Crippen LogP contribution in [0.4, 0.5) is 4.79 Å². The van der Waals surface area contributed by atoms with Crippen molar-refractivity contribution < 1.29 is 19.5 Å². The van der Waals surface area contributed by atoms with Gasteiger partial charge in [0.05, 0.1) is 23.4 Å². The van der Waals surface area contributed by atoms with Gasteiger partial charge in [-0.15, -0.1) is 0 Å². The number of hydrogen-bond acceptors (Lipinski definition) is 5. The molecule has 0 unspecified atom stereocenters. The molecule has 4 amide bonds. The summed E-state index contributed by atoms with van der Waals surface area (Å²) in [5, 5.41) is 20.1. The molecular formula is C18H28N6O4. The SMILES string of the molecule is Cc1nn(C)cc1C(=O)N[C@@H]1C[C@H](C(=O)NCCN2CCN(C)C2=O)C[C@H]1O. The Hall–Kier alpha value is -2.62. The van der Waals surface area contributed by atoms with Gasteiger partial charge in [0.25, 0.3) is 5.91 Å². The van der Waals surface area contributed by atoms with Crippen molar-refractivity contribution >= 4 is 17.8 Å². The summed E-state index contributed by atoms with van der Waals surface area (Å²) in [5.41, 5.74) is 1.08. The first-order valence-electron chi connectivity index (χ1n) is 9.53. The number of aliphatic hydroxyl groups is 1. The summed E-state index contributed by atoms with van der Waals surface area (Å²) in [7, 11) is 3.49. The van der Waals surface area contributed by atoms with Crippen LogP contribution in [0.3, 0.4) is 0 Å². The summed E-state index contributed by atoms with van der Waals surface area (Å²) in [6.45, 7) is 3.94. The average molecular weight is 392 g/mol. The highest BCUT2D eigenvalue weighted by Crippen LogP contribution is 2.26. The molecule has 0 radical (unpaired) electrons. The zero-order valence-corrected chi connectivity index (χ0v) is 16.5. The topological polar surface area (TPSA) is 120 Å². The fourth-order valence-corrected chi connectivity index (χ4v) is 3.82. The third-order valence-corrected chi connectivity index (χ3v) is 5.46. The van der Waals surface area contributed by atoms with Crippen molar-refractivity contribution in [3.63, 3.8) is 0 Å². The van der Waals surface area contributed by atoms with Gasteiger partial charge in [-0.05, 0) is 19.8 Å². The smallest absolute Gasteiger partial charge is 0.319 e. The van der Waals surface area contributed by atoms with E-state index in [1.807, 2.05) is 0 Å². The van der Waals surface area contributed by atoms with E-state index >= 15 is 0 Å². The molecule has 1 aliphatic carbocycles. The number of likely N-dealkylation sites (N-methyl/N-ethyl adjacent to an activating group) is 1. The van der Waals surface area contributed by atoms with E-state index in [0.717, 1.165) is 0 Å². The van der Waals surface area contributed by atoms with E-state index in [1.165, 1.54) is 0 Å². The number of carbonyl (C=O) groups is 3. The quantitative estimate of drug-likeness (QED) is 0.578. The van der Waals surface area contributed by atoms with Crippen LogP contribution in [0.15, 0.2) is 6.20 Å². The van der Waals surface area contributed by atoms with E-state index in [0.29, 0.717) is 50.3 Å². The van der Waals surface area contributed by atoms with E-state index in [4.69, 9.17) is 0 Å². The Kier molecular flexibility index (Phi) is 5.87. The molecule has 10 heteroatoms. The molecule has 3 atom stereocenters. The molecule has 1 aromatic rings. The summed E-state index contributed by atoms with van der Waals surface area (Å²) < 4.78 is 1.56. The number of aryl methyl sites for hydroxylation is 2. The van der Waals surface area contributed by atoms with Crippen LogP contribution in [0.1, 0.15) is 28.9 Å². The maximum absolute atomic E-state index is 12.4. The highest BCUT2D eigenvalue weighted by Gasteiger charge is 2.38. The van der Waals surface area contributed by atoms with E-state index < -0.39 is 12.1 Å². The molecular weight excluding hydrogens is 364 g/mol. The Morgan fingerprint density at radius 3 is 2.64 bits per heavy atom. The number of aliphatic hydroxyl groups excluding tert-OH is 1. The first-order chi connectivity index (χ1) is 13.3. The van der Waals surface area contributed by atoms with Crippen molar-refractivity contribution in [2.75, 3.05) is 33.2 Å². The fourth-order valence-electron chi connectivity index (χ4n) is 3.82. The Morgan fingerprint density at radius 2 is 2.04 bits per heavy atom. The Morgan fingerprint density at radius 1 is 1.29 bits per heavy atom. The third-order valence-electron chi connectivity index (χ3n) is 5.46. The van der Waals surface area contributed by atoms with Crippen LogP contribution in [0, 0.1) is 12.8 Å². The van der Waals surface area contributed by atoms with Gasteiger partial charge in [-0.2, -0.15) is 5.10 Å². The maximum Gasteiger partial charge on any atom is 0.319 e. The minimum Gasteiger partial charge on any atom is -0.391 e. The van der Waals surface area contributed by atoms with Crippen molar-refractivity contribution in [2.45, 2.75) is 31.9 Å². The van der Waals surface area contributed by atoms with Crippen LogP contribution in [0.5, 0.6) is 0 Å². The second kappa shape index (κ2) is 8.17. The lowest BCUT2D eigenvalue weighted by atomic mass is 10.1. The predicted molar refractivity (Wildman–Crippen MR) is 101 cm³/mol. The molecule has 28 heavy (non-hydrogen) atoms. The van der Waals surface area contributed by atoms with Gasteiger partial charge in [-0.3, -0.25) is 14.3 Å². The molecule has 2 aliphatic rings. The summed E-state index contributed by atoms with van der Waals surface area (Å²) in [6, 6.07) is -0.504. The average Bonchev–Trinajstić information content (AvgIpc) is 3.27. The van der Waals surface area contributed by atoms with Gasteiger partial charge in [0.1, 0.15) is 0 Å². The van der Waals surface area contributed by atoms with Crippen molar-refractivity contribution in [3.05, 3.63) is 17.5 Å². The van der Waals surface area contributed by atoms with E-state index in [1.54, 1.807) is 41.7 Å². The summed E-state index contributed by atoms with van der Waals surface area (Å²) in [6.07, 6.45) is 1.54. The lowest BCUT2D eigenvalue weighted by Crippen LogP contribution is -2.40. The Labute approximate surface area is 163 Å². The molecule has 1 saturated carbocycles. The number of aromatic nitrogens is 2. The largest absolute Gasteiger partial charge is 0.391 e. The number of carbonyl (C=O) groups excluding carboxylic acids is 3. The molecule has 154 valence electrons. The van der Waals surface area contributed by atoms with E-state index in [9.17, 15) is 19.5 Å². The van der Waals surface area contributed by atoms with E-state index in [2.05, 4.69) is 15.7 Å². The van der Waals surface area contributed by atoms with Gasteiger partial charge in [0.2, 0.25) is 5.91 Å². The van der Waals surface area contributed by atoms with Crippen LogP contribution < -0.4 is 10.6 Å². The van der Waals surface area contributed by atoms with Crippen molar-refractivity contribution in [2.24, 2.45) is 13.0 Å². The van der Waals surface area contributed by atoms with Gasteiger partial charge >= 0.3 is 6.03 Å². The number of hydrogen-bond donors (Lipinski definition) is 3. The predicted octanol–water partition coefficient (Wildman–Crippen LogP) is -0.919. The fraction of sp³-hybridized carbons (Fsp3) is 0.667. The number of amides is 4. The van der Waals surface area contributed by atoms with Crippen molar-refractivity contribution in [1.29, 1.82) is 0 Å². The minimum absolute atomic E-state index is 0.0287. The molecule has 3 N–H and O–H groups in total. The first-order valence-corrected chi connectivity index (χ1v) is 9.53. The van der Waals surface area contributed by atoms with Crippen LogP contribution in [-0.4, -0.2) is 87.9 Å². The van der Waals surface area contributed by atoms with Crippen LogP contribution >= 0.6 is 0 Å². The van der Waals surface area contributed by atoms with E-state index in [-0.39, 0.29) is 23.8 Å². The first kappa shape index (κ1) is 20.1. The van der Waals surface area contributed by atoms with Gasteiger partial charge in [0, 0.05) is 52.4 Å². The zero-order chi connectivity index (χ0) is 20.4. The lowest BCUT2D eigenvalue weighted by Gasteiger charge is -2.17. The van der Waals surface area contributed by atoms with Crippen molar-refractivity contribution in [1.82, 2.24) is 30.2 Å². The van der Waals surface area contributed by atoms with Gasteiger partial charge < -0.3 is 25.5 Å². The standard InChI is InChI=1S/C18H28N6O4/c1-11-13(10-23(3)21-11)17(27)20-14-8-12(9-15(14)25)16(26)19-4-5-24-7-6-22(2)18(24)28/h10,12,14-15,25H,4-9H2,1-3H3,(H,19,26)(H,20,27)/t12-,14+,15+/m0/s1. The van der Waals surface area contributed by atoms with Crippen LogP contribution in [0.25, 0.3) is 0 Å². The number of rotatable bonds is 6. The molecule has 10 nitrogen and oxygen atoms in total. The molecule has 2 fully saturated rings. The molecule has 0 aromatic carbocycles. The summed E-state index contributed by atoms with van der Waals surface area (Å²) >= 11 is 0. The lowest BCUT2D eigenvalue weighted by molar-refractivity contribution is -0.125. The van der Waals surface area contributed by atoms with Gasteiger partial charge in [0.15, 0.2) is 0 Å². The summed E-state index contributed by atoms with van der Waals surface area (Å²) in [4.78, 5) is 40.0. The third kappa shape index (κ3) is 4.27. The van der Waals surface area contributed by atoms with Gasteiger partial charge in [-0.25, -0.2) is 4.79 Å². The van der Waals surface area contributed by atoms with Crippen LogP contribution in [-0.2, 0) is 11.8 Å². The Balaban J connectivity index is 1.46. The molecule has 2 heterocycles. The normalized spacial score (nSPS) is 24.7. The summed E-state index contributed by atoms with van der Waals surface area (Å²) in [5.74, 6) is -0.826. The highest BCUT2D eigenvalue weighted by molar-refractivity contribution is 5.95. The number of nitrogens with zero attached hydrogens (tertiary/aromatic N) is 4. The van der Waals surface area contributed by atoms with Crippen LogP contribution in [0.2, 0.25) is 0 Å². The molecule has 0 bridgehead atoms. The highest BCUT2D eigenvalue weighted by atomic mass is 16.3. The molecule has 1 aromatic heterocycles. The molecule has 1 aliphatic heterocycles. The van der Waals surface area contributed by atoms with Gasteiger partial charge in [-0.1, -0.05) is 0 Å².